The summed E-state index contributed by atoms with van der Waals surface area (Å²) in [6.45, 7) is 3.08. The molecule has 1 aromatic carbocycles. The van der Waals surface area contributed by atoms with Crippen LogP contribution in [0.2, 0.25) is 0 Å². The molecule has 0 bridgehead atoms. The molecule has 0 radical (unpaired) electrons. The van der Waals surface area contributed by atoms with Crippen molar-refractivity contribution >= 4 is 11.5 Å². The number of piperidine rings is 1. The summed E-state index contributed by atoms with van der Waals surface area (Å²) in [4.78, 5) is 2.19. The van der Waals surface area contributed by atoms with Crippen LogP contribution in [0.5, 0.6) is 0 Å². The molecular formula is C14H21N3O. The quantitative estimate of drug-likeness (QED) is 0.561. The van der Waals surface area contributed by atoms with E-state index in [1.165, 1.54) is 0 Å². The molecule has 0 saturated carbocycles. The standard InChI is InChI=1S/C14H21N3O/c1-10-5-6-13(12(8-10)14(15)16)17-7-3-2-4-11(17)9-18/h5-6,8,11,18H,2-4,7,9H2,1H3,(H3,15,16). The summed E-state index contributed by atoms with van der Waals surface area (Å²) in [6.07, 6.45) is 3.28. The normalized spacial score (nSPS) is 19.9. The number of aliphatic hydroxyl groups excluding tert-OH is 1. The molecule has 1 atom stereocenters. The van der Waals surface area contributed by atoms with Gasteiger partial charge < -0.3 is 15.7 Å². The van der Waals surface area contributed by atoms with Gasteiger partial charge in [-0.1, -0.05) is 11.6 Å². The molecule has 18 heavy (non-hydrogen) atoms. The second-order valence-electron chi connectivity index (χ2n) is 4.96. The zero-order valence-corrected chi connectivity index (χ0v) is 10.8. The molecule has 1 heterocycles. The Morgan fingerprint density at radius 2 is 2.28 bits per heavy atom. The highest BCUT2D eigenvalue weighted by atomic mass is 16.3. The molecule has 1 aliphatic rings. The van der Waals surface area contributed by atoms with E-state index in [1.54, 1.807) is 0 Å². The van der Waals surface area contributed by atoms with Gasteiger partial charge in [0, 0.05) is 17.8 Å². The number of rotatable bonds is 3. The van der Waals surface area contributed by atoms with E-state index in [0.717, 1.165) is 42.6 Å². The molecule has 0 amide bonds. The van der Waals surface area contributed by atoms with E-state index in [0.29, 0.717) is 0 Å². The fourth-order valence-corrected chi connectivity index (χ4v) is 2.62. The molecule has 98 valence electrons. The number of benzene rings is 1. The number of hydrogen-bond donors (Lipinski definition) is 3. The highest BCUT2D eigenvalue weighted by Gasteiger charge is 2.24. The Balaban J connectivity index is 2.39. The Kier molecular flexibility index (Phi) is 3.87. The Labute approximate surface area is 108 Å². The van der Waals surface area contributed by atoms with Gasteiger partial charge in [0.1, 0.15) is 5.84 Å². The molecule has 0 spiro atoms. The third kappa shape index (κ3) is 2.48. The van der Waals surface area contributed by atoms with Gasteiger partial charge in [-0.2, -0.15) is 0 Å². The number of amidine groups is 1. The first-order valence-corrected chi connectivity index (χ1v) is 6.46. The lowest BCUT2D eigenvalue weighted by Crippen LogP contribution is -2.42. The summed E-state index contributed by atoms with van der Waals surface area (Å²) in [5.41, 5.74) is 8.52. The molecule has 1 aliphatic heterocycles. The van der Waals surface area contributed by atoms with Crippen LogP contribution in [0, 0.1) is 12.3 Å². The first-order chi connectivity index (χ1) is 8.63. The second kappa shape index (κ2) is 5.40. The lowest BCUT2D eigenvalue weighted by atomic mass is 9.99. The minimum Gasteiger partial charge on any atom is -0.394 e. The van der Waals surface area contributed by atoms with Gasteiger partial charge in [0.25, 0.3) is 0 Å². The fourth-order valence-electron chi connectivity index (χ4n) is 2.62. The Morgan fingerprint density at radius 3 is 2.94 bits per heavy atom. The Morgan fingerprint density at radius 1 is 1.50 bits per heavy atom. The van der Waals surface area contributed by atoms with Crippen molar-refractivity contribution in [2.75, 3.05) is 18.1 Å². The van der Waals surface area contributed by atoms with Crippen molar-refractivity contribution in [3.63, 3.8) is 0 Å². The van der Waals surface area contributed by atoms with Crippen molar-refractivity contribution in [2.24, 2.45) is 5.73 Å². The molecule has 1 fully saturated rings. The van der Waals surface area contributed by atoms with E-state index in [4.69, 9.17) is 11.1 Å². The largest absolute Gasteiger partial charge is 0.394 e. The van der Waals surface area contributed by atoms with Crippen molar-refractivity contribution < 1.29 is 5.11 Å². The van der Waals surface area contributed by atoms with Crippen LogP contribution >= 0.6 is 0 Å². The van der Waals surface area contributed by atoms with Gasteiger partial charge in [-0.3, -0.25) is 5.41 Å². The summed E-state index contributed by atoms with van der Waals surface area (Å²) in [5, 5.41) is 17.2. The smallest absolute Gasteiger partial charge is 0.124 e. The monoisotopic (exact) mass is 247 g/mol. The summed E-state index contributed by atoms with van der Waals surface area (Å²) in [5.74, 6) is 0.0935. The van der Waals surface area contributed by atoms with Crippen molar-refractivity contribution in [2.45, 2.75) is 32.2 Å². The first-order valence-electron chi connectivity index (χ1n) is 6.46. The average Bonchev–Trinajstić information content (AvgIpc) is 2.38. The van der Waals surface area contributed by atoms with Gasteiger partial charge in [0.05, 0.1) is 12.6 Å². The molecule has 0 aromatic heterocycles. The maximum Gasteiger partial charge on any atom is 0.124 e. The van der Waals surface area contributed by atoms with Crippen LogP contribution in [-0.2, 0) is 0 Å². The lowest BCUT2D eigenvalue weighted by Gasteiger charge is -2.37. The molecule has 1 saturated heterocycles. The second-order valence-corrected chi connectivity index (χ2v) is 4.96. The number of nitrogens with two attached hydrogens (primary N) is 1. The van der Waals surface area contributed by atoms with Crippen molar-refractivity contribution in [1.29, 1.82) is 5.41 Å². The third-order valence-electron chi connectivity index (χ3n) is 3.59. The fraction of sp³-hybridized carbons (Fsp3) is 0.500. The van der Waals surface area contributed by atoms with Gasteiger partial charge in [-0.15, -0.1) is 0 Å². The number of aliphatic hydroxyl groups is 1. The molecule has 1 aromatic rings. The van der Waals surface area contributed by atoms with Gasteiger partial charge >= 0.3 is 0 Å². The van der Waals surface area contributed by atoms with E-state index >= 15 is 0 Å². The SMILES string of the molecule is Cc1ccc(N2CCCCC2CO)c(C(=N)N)c1. The highest BCUT2D eigenvalue weighted by Crippen LogP contribution is 2.28. The van der Waals surface area contributed by atoms with Crippen LogP contribution < -0.4 is 10.6 Å². The van der Waals surface area contributed by atoms with Gasteiger partial charge in [0.15, 0.2) is 0 Å². The predicted octanol–water partition coefficient (Wildman–Crippen LogP) is 1.63. The van der Waals surface area contributed by atoms with Crippen LogP contribution in [-0.4, -0.2) is 30.1 Å². The van der Waals surface area contributed by atoms with Crippen LogP contribution in [0.1, 0.15) is 30.4 Å². The molecule has 2 rings (SSSR count). The zero-order chi connectivity index (χ0) is 13.1. The number of nitrogens with zero attached hydrogens (tertiary/aromatic N) is 1. The van der Waals surface area contributed by atoms with Crippen LogP contribution in [0.15, 0.2) is 18.2 Å². The Hall–Kier alpha value is -1.55. The van der Waals surface area contributed by atoms with E-state index in [9.17, 15) is 5.11 Å². The topological polar surface area (TPSA) is 73.3 Å². The van der Waals surface area contributed by atoms with Crippen molar-refractivity contribution in [1.82, 2.24) is 0 Å². The highest BCUT2D eigenvalue weighted by molar-refractivity contribution is 6.00. The maximum absolute atomic E-state index is 9.48. The summed E-state index contributed by atoms with van der Waals surface area (Å²) in [7, 11) is 0. The van der Waals surface area contributed by atoms with Crippen LogP contribution in [0.3, 0.4) is 0 Å². The van der Waals surface area contributed by atoms with E-state index in [1.807, 2.05) is 25.1 Å². The summed E-state index contributed by atoms with van der Waals surface area (Å²) >= 11 is 0. The molecule has 4 N–H and O–H groups in total. The molecule has 4 heteroatoms. The summed E-state index contributed by atoms with van der Waals surface area (Å²) < 4.78 is 0. The molecular weight excluding hydrogens is 226 g/mol. The maximum atomic E-state index is 9.48. The molecule has 0 aliphatic carbocycles. The minimum atomic E-state index is 0.0935. The van der Waals surface area contributed by atoms with Crippen molar-refractivity contribution in [3.8, 4) is 0 Å². The van der Waals surface area contributed by atoms with Gasteiger partial charge in [-0.05, 0) is 38.3 Å². The van der Waals surface area contributed by atoms with E-state index in [2.05, 4.69) is 4.90 Å². The average molecular weight is 247 g/mol. The molecule has 4 nitrogen and oxygen atoms in total. The van der Waals surface area contributed by atoms with Crippen molar-refractivity contribution in [3.05, 3.63) is 29.3 Å². The number of nitrogens with one attached hydrogen (secondary N) is 1. The number of anilines is 1. The van der Waals surface area contributed by atoms with Crippen LogP contribution in [0.25, 0.3) is 0 Å². The minimum absolute atomic E-state index is 0.0935. The third-order valence-corrected chi connectivity index (χ3v) is 3.59. The van der Waals surface area contributed by atoms with Crippen LogP contribution in [0.4, 0.5) is 5.69 Å². The number of nitrogen functional groups attached to an aromatic ring is 1. The Bertz CT molecular complexity index is 445. The first kappa shape index (κ1) is 12.9. The lowest BCUT2D eigenvalue weighted by molar-refractivity contribution is 0.240. The zero-order valence-electron chi connectivity index (χ0n) is 10.8. The number of hydrogen-bond acceptors (Lipinski definition) is 3. The predicted molar refractivity (Wildman–Crippen MR) is 74.3 cm³/mol. The molecule has 1 unspecified atom stereocenters. The summed E-state index contributed by atoms with van der Waals surface area (Å²) in [6, 6.07) is 6.14. The van der Waals surface area contributed by atoms with E-state index in [-0.39, 0.29) is 18.5 Å². The number of aryl methyl sites for hydroxylation is 1. The van der Waals surface area contributed by atoms with Gasteiger partial charge in [0.2, 0.25) is 0 Å². The van der Waals surface area contributed by atoms with Gasteiger partial charge in [-0.25, -0.2) is 0 Å². The van der Waals surface area contributed by atoms with E-state index < -0.39 is 0 Å².